The van der Waals surface area contributed by atoms with Crippen LogP contribution in [0.5, 0.6) is 0 Å². The minimum atomic E-state index is -0.366. The number of nitrogens with two attached hydrogens (primary N) is 1. The van der Waals surface area contributed by atoms with E-state index in [-0.39, 0.29) is 11.2 Å². The zero-order chi connectivity index (χ0) is 16.3. The largest absolute Gasteiger partial charge is 0.336 e. The average molecular weight is 340 g/mol. The van der Waals surface area contributed by atoms with Crippen LogP contribution in [0.15, 0.2) is 23.4 Å². The number of hydrogen-bond donors (Lipinski definition) is 2. The fraction of sp³-hybridized carbons (Fsp3) is 0.357. The Bertz CT molecular complexity index is 688. The number of aromatic nitrogens is 3. The van der Waals surface area contributed by atoms with Crippen molar-refractivity contribution in [3.63, 3.8) is 0 Å². The number of halogens is 1. The minimum Gasteiger partial charge on any atom is -0.336 e. The van der Waals surface area contributed by atoms with Crippen LogP contribution in [0.4, 0.5) is 5.69 Å². The van der Waals surface area contributed by atoms with Crippen LogP contribution in [0.2, 0.25) is 5.02 Å². The van der Waals surface area contributed by atoms with E-state index in [4.69, 9.17) is 17.4 Å². The molecule has 1 aromatic carbocycles. The van der Waals surface area contributed by atoms with E-state index in [2.05, 4.69) is 15.5 Å². The van der Waals surface area contributed by atoms with Gasteiger partial charge in [-0.2, -0.15) is 0 Å². The number of benzene rings is 1. The molecule has 8 heteroatoms. The summed E-state index contributed by atoms with van der Waals surface area (Å²) in [5.41, 5.74) is 1.54. The predicted octanol–water partition coefficient (Wildman–Crippen LogP) is 2.64. The van der Waals surface area contributed by atoms with Gasteiger partial charge in [-0.25, -0.2) is 4.68 Å². The molecule has 0 bridgehead atoms. The van der Waals surface area contributed by atoms with Crippen LogP contribution >= 0.6 is 23.4 Å². The van der Waals surface area contributed by atoms with Gasteiger partial charge in [-0.3, -0.25) is 4.79 Å². The highest BCUT2D eigenvalue weighted by molar-refractivity contribution is 8.00. The van der Waals surface area contributed by atoms with E-state index in [1.165, 1.54) is 16.4 Å². The van der Waals surface area contributed by atoms with Gasteiger partial charge in [-0.1, -0.05) is 36.4 Å². The fourth-order valence-corrected chi connectivity index (χ4v) is 2.78. The molecular formula is C14H18ClN5OS. The van der Waals surface area contributed by atoms with Crippen molar-refractivity contribution in [1.29, 1.82) is 0 Å². The maximum atomic E-state index is 12.3. The van der Waals surface area contributed by atoms with E-state index in [0.717, 1.165) is 5.56 Å². The molecule has 0 radical (unpaired) electrons. The number of thioether (sulfide) groups is 1. The van der Waals surface area contributed by atoms with Crippen LogP contribution in [0, 0.1) is 6.92 Å². The van der Waals surface area contributed by atoms with Crippen molar-refractivity contribution in [2.24, 2.45) is 0 Å². The van der Waals surface area contributed by atoms with Crippen molar-refractivity contribution in [2.45, 2.75) is 37.6 Å². The van der Waals surface area contributed by atoms with Crippen molar-refractivity contribution < 1.29 is 4.79 Å². The third-order valence-corrected chi connectivity index (χ3v) is 4.69. The molecule has 0 saturated carbocycles. The predicted molar refractivity (Wildman–Crippen MR) is 89.7 cm³/mol. The summed E-state index contributed by atoms with van der Waals surface area (Å²) in [7, 11) is 0. The summed E-state index contributed by atoms with van der Waals surface area (Å²) in [5.74, 6) is 6.42. The molecule has 6 nitrogen and oxygen atoms in total. The highest BCUT2D eigenvalue weighted by atomic mass is 35.5. The number of amides is 1. The third-order valence-electron chi connectivity index (χ3n) is 3.23. The lowest BCUT2D eigenvalue weighted by Gasteiger charge is -2.13. The highest BCUT2D eigenvalue weighted by Gasteiger charge is 2.19. The molecule has 118 valence electrons. The van der Waals surface area contributed by atoms with E-state index in [1.807, 2.05) is 19.9 Å². The maximum absolute atomic E-state index is 12.3. The molecule has 1 heterocycles. The molecule has 3 N–H and O–H groups in total. The van der Waals surface area contributed by atoms with E-state index in [0.29, 0.717) is 28.1 Å². The molecular weight excluding hydrogens is 322 g/mol. The van der Waals surface area contributed by atoms with Crippen molar-refractivity contribution in [2.75, 3.05) is 11.2 Å². The Kier molecular flexibility index (Phi) is 5.31. The highest BCUT2D eigenvalue weighted by Crippen LogP contribution is 2.25. The van der Waals surface area contributed by atoms with Gasteiger partial charge in [-0.05, 0) is 31.5 Å². The van der Waals surface area contributed by atoms with Gasteiger partial charge in [0.2, 0.25) is 11.1 Å². The minimum absolute atomic E-state index is 0.142. The van der Waals surface area contributed by atoms with Crippen molar-refractivity contribution in [3.05, 3.63) is 34.6 Å². The van der Waals surface area contributed by atoms with Gasteiger partial charge in [0, 0.05) is 17.1 Å². The molecule has 0 aliphatic carbocycles. The zero-order valence-corrected chi connectivity index (χ0v) is 14.2. The Balaban J connectivity index is 2.06. The molecule has 2 rings (SSSR count). The maximum Gasteiger partial charge on any atom is 0.237 e. The Morgan fingerprint density at radius 2 is 2.23 bits per heavy atom. The second-order valence-electron chi connectivity index (χ2n) is 4.78. The summed E-state index contributed by atoms with van der Waals surface area (Å²) in [4.78, 5) is 12.3. The third kappa shape index (κ3) is 3.53. The number of aryl methyl sites for hydroxylation is 1. The number of anilines is 1. The van der Waals surface area contributed by atoms with Crippen LogP contribution in [-0.4, -0.2) is 26.0 Å². The quantitative estimate of drug-likeness (QED) is 0.646. The number of nitrogen functional groups attached to an aromatic ring is 1. The number of carbonyl (C=O) groups excluding carboxylic acids is 1. The van der Waals surface area contributed by atoms with Crippen molar-refractivity contribution in [3.8, 4) is 0 Å². The monoisotopic (exact) mass is 339 g/mol. The summed E-state index contributed by atoms with van der Waals surface area (Å²) in [5, 5.41) is 11.6. The van der Waals surface area contributed by atoms with Crippen molar-refractivity contribution in [1.82, 2.24) is 14.9 Å². The van der Waals surface area contributed by atoms with Crippen LogP contribution in [0.1, 0.15) is 25.2 Å². The first-order chi connectivity index (χ1) is 10.4. The van der Waals surface area contributed by atoms with Gasteiger partial charge < -0.3 is 11.2 Å². The molecule has 1 atom stereocenters. The molecule has 0 aliphatic rings. The lowest BCUT2D eigenvalue weighted by atomic mass is 10.2. The molecule has 0 spiro atoms. The second-order valence-corrected chi connectivity index (χ2v) is 6.50. The summed E-state index contributed by atoms with van der Waals surface area (Å²) in [6, 6.07) is 5.40. The lowest BCUT2D eigenvalue weighted by molar-refractivity contribution is -0.115. The van der Waals surface area contributed by atoms with Crippen LogP contribution in [-0.2, 0) is 11.2 Å². The van der Waals surface area contributed by atoms with E-state index < -0.39 is 0 Å². The Hall–Kier alpha value is -1.73. The van der Waals surface area contributed by atoms with Gasteiger partial charge in [-0.15, -0.1) is 10.2 Å². The first-order valence-electron chi connectivity index (χ1n) is 6.86. The van der Waals surface area contributed by atoms with Crippen LogP contribution in [0.25, 0.3) is 0 Å². The summed E-state index contributed by atoms with van der Waals surface area (Å²) in [6.07, 6.45) is 0.687. The molecule has 1 aromatic heterocycles. The number of hydrogen-bond acceptors (Lipinski definition) is 5. The molecule has 22 heavy (non-hydrogen) atoms. The molecule has 1 amide bonds. The number of nitrogens with zero attached hydrogens (tertiary/aromatic N) is 3. The Labute approximate surface area is 138 Å². The van der Waals surface area contributed by atoms with Gasteiger partial charge in [0.05, 0.1) is 5.25 Å². The molecule has 1 unspecified atom stereocenters. The molecule has 0 fully saturated rings. The van der Waals surface area contributed by atoms with Gasteiger partial charge in [0.15, 0.2) is 5.82 Å². The number of nitrogens with one attached hydrogen (secondary N) is 1. The van der Waals surface area contributed by atoms with E-state index in [9.17, 15) is 4.79 Å². The van der Waals surface area contributed by atoms with Crippen LogP contribution in [0.3, 0.4) is 0 Å². The van der Waals surface area contributed by atoms with E-state index in [1.54, 1.807) is 19.1 Å². The Morgan fingerprint density at radius 1 is 1.50 bits per heavy atom. The average Bonchev–Trinajstić information content (AvgIpc) is 2.84. The number of carbonyl (C=O) groups is 1. The lowest BCUT2D eigenvalue weighted by Crippen LogP contribution is -2.24. The van der Waals surface area contributed by atoms with Gasteiger partial charge >= 0.3 is 0 Å². The van der Waals surface area contributed by atoms with Crippen LogP contribution < -0.4 is 11.2 Å². The SMILES string of the molecule is CCc1nnc(SC(C)C(=O)Nc2cccc(Cl)c2C)n1N. The summed E-state index contributed by atoms with van der Waals surface area (Å²) in [6.45, 7) is 5.60. The van der Waals surface area contributed by atoms with E-state index >= 15 is 0 Å². The normalized spacial score (nSPS) is 12.2. The first kappa shape index (κ1) is 16.6. The summed E-state index contributed by atoms with van der Waals surface area (Å²) >= 11 is 7.31. The topological polar surface area (TPSA) is 85.8 Å². The van der Waals surface area contributed by atoms with Crippen molar-refractivity contribution >= 4 is 35.0 Å². The molecule has 2 aromatic rings. The second kappa shape index (κ2) is 7.02. The summed E-state index contributed by atoms with van der Waals surface area (Å²) < 4.78 is 1.42. The Morgan fingerprint density at radius 3 is 2.86 bits per heavy atom. The standard InChI is InChI=1S/C14H18ClN5OS/c1-4-12-18-19-14(20(12)16)22-9(3)13(21)17-11-7-5-6-10(15)8(11)2/h5-7,9H,4,16H2,1-3H3,(H,17,21). The molecule has 0 saturated heterocycles. The fourth-order valence-electron chi connectivity index (χ4n) is 1.82. The zero-order valence-electron chi connectivity index (χ0n) is 12.6. The molecule has 0 aliphatic heterocycles. The number of rotatable bonds is 5. The smallest absolute Gasteiger partial charge is 0.237 e. The van der Waals surface area contributed by atoms with Gasteiger partial charge in [0.25, 0.3) is 0 Å². The van der Waals surface area contributed by atoms with Gasteiger partial charge in [0.1, 0.15) is 0 Å². The first-order valence-corrected chi connectivity index (χ1v) is 8.11.